The van der Waals surface area contributed by atoms with E-state index >= 15 is 0 Å². The largest absolute Gasteiger partial charge is 0.245 e. The van der Waals surface area contributed by atoms with Gasteiger partial charge >= 0.3 is 0 Å². The van der Waals surface area contributed by atoms with Crippen molar-refractivity contribution in [3.63, 3.8) is 0 Å². The smallest absolute Gasteiger partial charge is 0.207 e. The van der Waals surface area contributed by atoms with Crippen LogP contribution in [0.2, 0.25) is 0 Å². The summed E-state index contributed by atoms with van der Waals surface area (Å²) in [5.74, 6) is -3.38. The van der Waals surface area contributed by atoms with Gasteiger partial charge in [-0.1, -0.05) is 36.4 Å². The highest BCUT2D eigenvalue weighted by atomic mass is 19.3. The van der Waals surface area contributed by atoms with Gasteiger partial charge in [-0.15, -0.1) is 0 Å². The fourth-order valence-electron chi connectivity index (χ4n) is 4.05. The van der Waals surface area contributed by atoms with Crippen LogP contribution in [0, 0.1) is 24.5 Å². The molecule has 0 amide bonds. The Labute approximate surface area is 158 Å². The van der Waals surface area contributed by atoms with E-state index in [1.807, 2.05) is 24.3 Å². The summed E-state index contributed by atoms with van der Waals surface area (Å²) in [5, 5.41) is 0. The average molecular weight is 378 g/mol. The SMILES string of the molecule is Cc1ccc(-c2ccc(C3CCC(CCC(C)(F)F)CC3)cc2)c(F)c1F. The van der Waals surface area contributed by atoms with Gasteiger partial charge in [-0.25, -0.2) is 17.6 Å². The molecule has 4 heteroatoms. The lowest BCUT2D eigenvalue weighted by Gasteiger charge is -2.29. The van der Waals surface area contributed by atoms with E-state index < -0.39 is 17.6 Å². The van der Waals surface area contributed by atoms with Crippen LogP contribution >= 0.6 is 0 Å². The zero-order chi connectivity index (χ0) is 19.6. The van der Waals surface area contributed by atoms with Crippen LogP contribution in [-0.2, 0) is 0 Å². The molecule has 146 valence electrons. The van der Waals surface area contributed by atoms with Crippen molar-refractivity contribution in [2.24, 2.45) is 5.92 Å². The molecular formula is C23H26F4. The second kappa shape index (κ2) is 8.04. The fraction of sp³-hybridized carbons (Fsp3) is 0.478. The highest BCUT2D eigenvalue weighted by Gasteiger charge is 2.27. The van der Waals surface area contributed by atoms with Crippen LogP contribution in [0.5, 0.6) is 0 Å². The van der Waals surface area contributed by atoms with Crippen LogP contribution in [0.15, 0.2) is 36.4 Å². The lowest BCUT2D eigenvalue weighted by molar-refractivity contribution is 0.00490. The molecule has 1 fully saturated rings. The van der Waals surface area contributed by atoms with E-state index in [9.17, 15) is 17.6 Å². The zero-order valence-corrected chi connectivity index (χ0v) is 15.9. The van der Waals surface area contributed by atoms with Crippen molar-refractivity contribution < 1.29 is 17.6 Å². The van der Waals surface area contributed by atoms with Crippen molar-refractivity contribution in [1.29, 1.82) is 0 Å². The van der Waals surface area contributed by atoms with Crippen molar-refractivity contribution in [3.05, 3.63) is 59.2 Å². The van der Waals surface area contributed by atoms with Gasteiger partial charge in [0, 0.05) is 12.0 Å². The highest BCUT2D eigenvalue weighted by molar-refractivity contribution is 5.65. The number of aryl methyl sites for hydroxylation is 1. The van der Waals surface area contributed by atoms with E-state index in [0.29, 0.717) is 29.4 Å². The Balaban J connectivity index is 1.63. The summed E-state index contributed by atoms with van der Waals surface area (Å²) >= 11 is 0. The number of rotatable bonds is 5. The van der Waals surface area contributed by atoms with E-state index in [1.165, 1.54) is 5.56 Å². The van der Waals surface area contributed by atoms with Gasteiger partial charge in [0.15, 0.2) is 11.6 Å². The minimum atomic E-state index is -2.57. The van der Waals surface area contributed by atoms with E-state index in [1.54, 1.807) is 19.1 Å². The molecule has 2 aromatic carbocycles. The predicted molar refractivity (Wildman–Crippen MR) is 101 cm³/mol. The topological polar surface area (TPSA) is 0 Å². The van der Waals surface area contributed by atoms with Crippen molar-refractivity contribution in [1.82, 2.24) is 0 Å². The number of halogens is 4. The van der Waals surface area contributed by atoms with Crippen LogP contribution in [-0.4, -0.2) is 5.92 Å². The summed E-state index contributed by atoms with van der Waals surface area (Å²) < 4.78 is 54.0. The molecule has 0 radical (unpaired) electrons. The molecule has 0 spiro atoms. The molecule has 0 unspecified atom stereocenters. The van der Waals surface area contributed by atoms with Gasteiger partial charge in [0.1, 0.15) is 0 Å². The molecule has 0 saturated heterocycles. The maximum absolute atomic E-state index is 14.2. The third-order valence-corrected chi connectivity index (χ3v) is 5.81. The van der Waals surface area contributed by atoms with Crippen LogP contribution in [0.25, 0.3) is 11.1 Å². The lowest BCUT2D eigenvalue weighted by Crippen LogP contribution is -2.17. The molecule has 0 N–H and O–H groups in total. The van der Waals surface area contributed by atoms with Crippen molar-refractivity contribution in [2.45, 2.75) is 64.2 Å². The molecule has 1 saturated carbocycles. The number of hydrogen-bond acceptors (Lipinski definition) is 0. The van der Waals surface area contributed by atoms with Crippen molar-refractivity contribution in [3.8, 4) is 11.1 Å². The summed E-state index contributed by atoms with van der Waals surface area (Å²) in [6, 6.07) is 10.8. The summed E-state index contributed by atoms with van der Waals surface area (Å²) in [6.07, 6.45) is 4.49. The Morgan fingerprint density at radius 2 is 1.52 bits per heavy atom. The minimum absolute atomic E-state index is 0.0320. The zero-order valence-electron chi connectivity index (χ0n) is 15.9. The fourth-order valence-corrected chi connectivity index (χ4v) is 4.05. The van der Waals surface area contributed by atoms with Crippen molar-refractivity contribution >= 4 is 0 Å². The normalized spacial score (nSPS) is 20.7. The molecule has 0 heterocycles. The molecule has 3 rings (SSSR count). The van der Waals surface area contributed by atoms with Gasteiger partial charge in [-0.3, -0.25) is 0 Å². The van der Waals surface area contributed by atoms with Gasteiger partial charge in [-0.05, 0) is 74.5 Å². The quantitative estimate of drug-likeness (QED) is 0.469. The lowest BCUT2D eigenvalue weighted by atomic mass is 9.77. The van der Waals surface area contributed by atoms with Gasteiger partial charge in [0.25, 0.3) is 0 Å². The van der Waals surface area contributed by atoms with Gasteiger partial charge < -0.3 is 0 Å². The molecule has 27 heavy (non-hydrogen) atoms. The number of benzene rings is 2. The standard InChI is InChI=1S/C23H26F4/c1-15-3-12-20(22(25)21(15)24)19-10-8-18(9-11-19)17-6-4-16(5-7-17)13-14-23(2,26)27/h3,8-12,16-17H,4-7,13-14H2,1-2H3. The third-order valence-electron chi connectivity index (χ3n) is 5.81. The second-order valence-electron chi connectivity index (χ2n) is 8.01. The summed E-state index contributed by atoms with van der Waals surface area (Å²) in [7, 11) is 0. The summed E-state index contributed by atoms with van der Waals surface area (Å²) in [5.41, 5.74) is 2.42. The van der Waals surface area contributed by atoms with Crippen LogP contribution < -0.4 is 0 Å². The predicted octanol–water partition coefficient (Wildman–Crippen LogP) is 7.65. The molecule has 0 aliphatic heterocycles. The van der Waals surface area contributed by atoms with Crippen LogP contribution in [0.1, 0.15) is 62.5 Å². The number of hydrogen-bond donors (Lipinski definition) is 0. The minimum Gasteiger partial charge on any atom is -0.207 e. The molecule has 0 bridgehead atoms. The second-order valence-corrected chi connectivity index (χ2v) is 8.01. The summed E-state index contributed by atoms with van der Waals surface area (Å²) in [4.78, 5) is 0. The van der Waals surface area contributed by atoms with Crippen LogP contribution in [0.3, 0.4) is 0 Å². The molecule has 0 nitrogen and oxygen atoms in total. The molecular weight excluding hydrogens is 352 g/mol. The van der Waals surface area contributed by atoms with Crippen LogP contribution in [0.4, 0.5) is 17.6 Å². The van der Waals surface area contributed by atoms with E-state index in [4.69, 9.17) is 0 Å². The third kappa shape index (κ3) is 4.91. The molecule has 1 aliphatic carbocycles. The maximum Gasteiger partial charge on any atom is 0.245 e. The molecule has 0 atom stereocenters. The Morgan fingerprint density at radius 3 is 2.11 bits per heavy atom. The Bertz CT molecular complexity index is 766. The van der Waals surface area contributed by atoms with E-state index in [-0.39, 0.29) is 12.0 Å². The van der Waals surface area contributed by atoms with E-state index in [0.717, 1.165) is 32.6 Å². The highest BCUT2D eigenvalue weighted by Crippen LogP contribution is 2.39. The first-order chi connectivity index (χ1) is 12.7. The monoisotopic (exact) mass is 378 g/mol. The van der Waals surface area contributed by atoms with Gasteiger partial charge in [0.05, 0.1) is 0 Å². The molecule has 2 aromatic rings. The first-order valence-electron chi connectivity index (χ1n) is 9.67. The first kappa shape index (κ1) is 19.9. The van der Waals surface area contributed by atoms with Crippen molar-refractivity contribution in [2.75, 3.05) is 0 Å². The van der Waals surface area contributed by atoms with Gasteiger partial charge in [0.2, 0.25) is 5.92 Å². The van der Waals surface area contributed by atoms with Gasteiger partial charge in [-0.2, -0.15) is 0 Å². The Morgan fingerprint density at radius 1 is 0.889 bits per heavy atom. The maximum atomic E-state index is 14.2. The Kier molecular flexibility index (Phi) is 5.92. The summed E-state index contributed by atoms with van der Waals surface area (Å²) in [6.45, 7) is 2.53. The number of alkyl halides is 2. The first-order valence-corrected chi connectivity index (χ1v) is 9.67. The van der Waals surface area contributed by atoms with E-state index in [2.05, 4.69) is 0 Å². The molecule has 0 aromatic heterocycles. The molecule has 1 aliphatic rings. The Hall–Kier alpha value is -1.84. The average Bonchev–Trinajstić information content (AvgIpc) is 2.65.